The number of carbonyl (C=O) groups excluding carboxylic acids is 2. The third-order valence-corrected chi connectivity index (χ3v) is 4.67. The minimum Gasteiger partial charge on any atom is -0.368 e. The number of para-hydroxylation sites is 1. The number of primary amides is 1. The van der Waals surface area contributed by atoms with Crippen molar-refractivity contribution >= 4 is 29.1 Å². The molecule has 1 aliphatic rings. The maximum Gasteiger partial charge on any atom is 0.240 e. The highest BCUT2D eigenvalue weighted by molar-refractivity contribution is 6.03. The van der Waals surface area contributed by atoms with Gasteiger partial charge in [-0.25, -0.2) is 9.97 Å². The topological polar surface area (TPSA) is 101 Å². The summed E-state index contributed by atoms with van der Waals surface area (Å²) in [6.45, 7) is 0. The van der Waals surface area contributed by atoms with Gasteiger partial charge in [-0.3, -0.25) is 14.5 Å². The van der Waals surface area contributed by atoms with Crippen LogP contribution in [0.4, 0.5) is 17.3 Å². The van der Waals surface area contributed by atoms with Gasteiger partial charge >= 0.3 is 0 Å². The Kier molecular flexibility index (Phi) is 4.72. The molecule has 0 spiro atoms. The van der Waals surface area contributed by atoms with E-state index in [1.54, 1.807) is 18.5 Å². The van der Waals surface area contributed by atoms with E-state index in [1.165, 1.54) is 4.90 Å². The lowest BCUT2D eigenvalue weighted by Crippen LogP contribution is -2.42. The largest absolute Gasteiger partial charge is 0.368 e. The van der Waals surface area contributed by atoms with Crippen molar-refractivity contribution < 1.29 is 9.59 Å². The van der Waals surface area contributed by atoms with Crippen molar-refractivity contribution in [2.45, 2.75) is 18.9 Å². The van der Waals surface area contributed by atoms with Crippen LogP contribution in [0.15, 0.2) is 67.0 Å². The van der Waals surface area contributed by atoms with Crippen molar-refractivity contribution in [1.82, 2.24) is 9.97 Å². The Bertz CT molecular complexity index is 1020. The first-order chi connectivity index (χ1) is 13.6. The molecule has 4 rings (SSSR count). The molecule has 0 bridgehead atoms. The molecule has 3 N–H and O–H groups in total. The number of pyridine rings is 2. The fourth-order valence-electron chi connectivity index (χ4n) is 3.32. The molecule has 3 heterocycles. The van der Waals surface area contributed by atoms with Gasteiger partial charge in [0.1, 0.15) is 17.7 Å². The van der Waals surface area contributed by atoms with E-state index in [0.29, 0.717) is 24.5 Å². The molecular formula is C21H19N5O2. The molecule has 0 saturated carbocycles. The predicted octanol–water partition coefficient (Wildman–Crippen LogP) is 2.87. The van der Waals surface area contributed by atoms with Crippen molar-refractivity contribution in [1.29, 1.82) is 0 Å². The molecule has 7 nitrogen and oxygen atoms in total. The molecule has 2 amide bonds. The van der Waals surface area contributed by atoms with Gasteiger partial charge in [0.15, 0.2) is 0 Å². The van der Waals surface area contributed by atoms with Crippen LogP contribution in [0, 0.1) is 0 Å². The van der Waals surface area contributed by atoms with Gasteiger partial charge < -0.3 is 11.1 Å². The number of nitrogens with two attached hydrogens (primary N) is 1. The number of amides is 2. The van der Waals surface area contributed by atoms with Crippen molar-refractivity contribution in [2.75, 3.05) is 10.2 Å². The van der Waals surface area contributed by atoms with Crippen LogP contribution in [0.5, 0.6) is 0 Å². The van der Waals surface area contributed by atoms with Gasteiger partial charge in [-0.2, -0.15) is 0 Å². The molecule has 7 heteroatoms. The van der Waals surface area contributed by atoms with Crippen LogP contribution in [-0.2, 0) is 9.59 Å². The maximum absolute atomic E-state index is 12.3. The number of benzene rings is 1. The number of rotatable bonds is 5. The molecule has 28 heavy (non-hydrogen) atoms. The van der Waals surface area contributed by atoms with Crippen LogP contribution in [0.3, 0.4) is 0 Å². The molecule has 0 unspecified atom stereocenters. The Labute approximate surface area is 162 Å². The first-order valence-electron chi connectivity index (χ1n) is 8.98. The van der Waals surface area contributed by atoms with Crippen molar-refractivity contribution in [3.8, 4) is 11.1 Å². The summed E-state index contributed by atoms with van der Waals surface area (Å²) in [7, 11) is 0. The maximum atomic E-state index is 12.3. The molecule has 1 fully saturated rings. The number of anilines is 3. The van der Waals surface area contributed by atoms with E-state index < -0.39 is 11.9 Å². The van der Waals surface area contributed by atoms with E-state index >= 15 is 0 Å². The lowest BCUT2D eigenvalue weighted by atomic mass is 10.1. The van der Waals surface area contributed by atoms with Crippen LogP contribution in [0.25, 0.3) is 11.1 Å². The fraction of sp³-hybridized carbons (Fsp3) is 0.143. The molecule has 2 aromatic heterocycles. The van der Waals surface area contributed by atoms with Gasteiger partial charge in [0, 0.05) is 24.5 Å². The Morgan fingerprint density at radius 1 is 1.04 bits per heavy atom. The van der Waals surface area contributed by atoms with Gasteiger partial charge in [0.05, 0.1) is 0 Å². The van der Waals surface area contributed by atoms with Crippen LogP contribution < -0.4 is 16.0 Å². The molecule has 0 aliphatic carbocycles. The standard InChI is InChI=1S/C21H19N5O2/c22-21(28)17-6-7-20(27)26(17)19-13-15(9-11-24-19)14-8-10-23-18(12-14)25-16-4-2-1-3-5-16/h1-5,8-13,17H,6-7H2,(H2,22,28)(H,23,25)/t17-/m0/s1. The summed E-state index contributed by atoms with van der Waals surface area (Å²) in [4.78, 5) is 34.0. The highest BCUT2D eigenvalue weighted by Crippen LogP contribution is 2.29. The van der Waals surface area contributed by atoms with E-state index in [1.807, 2.05) is 48.5 Å². The number of nitrogens with zero attached hydrogens (tertiary/aromatic N) is 3. The second-order valence-corrected chi connectivity index (χ2v) is 6.54. The summed E-state index contributed by atoms with van der Waals surface area (Å²) in [5, 5.41) is 3.26. The zero-order chi connectivity index (χ0) is 19.5. The minimum atomic E-state index is -0.650. The van der Waals surface area contributed by atoms with Crippen LogP contribution in [-0.4, -0.2) is 27.8 Å². The zero-order valence-corrected chi connectivity index (χ0v) is 15.1. The highest BCUT2D eigenvalue weighted by atomic mass is 16.2. The van der Waals surface area contributed by atoms with E-state index in [0.717, 1.165) is 16.8 Å². The van der Waals surface area contributed by atoms with Crippen molar-refractivity contribution in [3.05, 3.63) is 67.0 Å². The van der Waals surface area contributed by atoms with Gasteiger partial charge in [-0.15, -0.1) is 0 Å². The molecule has 1 aliphatic heterocycles. The Morgan fingerprint density at radius 2 is 1.75 bits per heavy atom. The molecule has 0 radical (unpaired) electrons. The number of hydrogen-bond acceptors (Lipinski definition) is 5. The third kappa shape index (κ3) is 3.55. The van der Waals surface area contributed by atoms with E-state index in [9.17, 15) is 9.59 Å². The minimum absolute atomic E-state index is 0.144. The summed E-state index contributed by atoms with van der Waals surface area (Å²) >= 11 is 0. The summed E-state index contributed by atoms with van der Waals surface area (Å²) in [5.41, 5.74) is 8.18. The SMILES string of the molecule is NC(=O)[C@@H]1CCC(=O)N1c1cc(-c2ccnc(Nc3ccccc3)c2)ccn1. The third-order valence-electron chi connectivity index (χ3n) is 4.67. The smallest absolute Gasteiger partial charge is 0.240 e. The second kappa shape index (κ2) is 7.48. The molecule has 140 valence electrons. The van der Waals surface area contributed by atoms with Gasteiger partial charge in [-0.05, 0) is 53.9 Å². The zero-order valence-electron chi connectivity index (χ0n) is 15.1. The van der Waals surface area contributed by atoms with Gasteiger partial charge in [0.2, 0.25) is 11.8 Å². The Balaban J connectivity index is 1.64. The first kappa shape index (κ1) is 17.7. The Morgan fingerprint density at radius 3 is 2.50 bits per heavy atom. The van der Waals surface area contributed by atoms with E-state index in [-0.39, 0.29) is 5.91 Å². The molecule has 3 aromatic rings. The van der Waals surface area contributed by atoms with Crippen LogP contribution in [0.2, 0.25) is 0 Å². The quantitative estimate of drug-likeness (QED) is 0.716. The monoisotopic (exact) mass is 373 g/mol. The summed E-state index contributed by atoms with van der Waals surface area (Å²) in [5.74, 6) is 0.471. The lowest BCUT2D eigenvalue weighted by Gasteiger charge is -2.21. The molecule has 1 atom stereocenters. The second-order valence-electron chi connectivity index (χ2n) is 6.54. The highest BCUT2D eigenvalue weighted by Gasteiger charge is 2.36. The molecular weight excluding hydrogens is 354 g/mol. The van der Waals surface area contributed by atoms with Crippen molar-refractivity contribution in [2.24, 2.45) is 5.73 Å². The Hall–Kier alpha value is -3.74. The number of aromatic nitrogens is 2. The number of carbonyl (C=O) groups is 2. The lowest BCUT2D eigenvalue weighted by molar-refractivity contribution is -0.121. The van der Waals surface area contributed by atoms with Crippen LogP contribution in [0.1, 0.15) is 12.8 Å². The predicted molar refractivity (Wildman–Crippen MR) is 107 cm³/mol. The van der Waals surface area contributed by atoms with Crippen LogP contribution >= 0.6 is 0 Å². The average molecular weight is 373 g/mol. The molecule has 1 aromatic carbocycles. The summed E-state index contributed by atoms with van der Waals surface area (Å²) in [6.07, 6.45) is 4.05. The van der Waals surface area contributed by atoms with Gasteiger partial charge in [0.25, 0.3) is 0 Å². The normalized spacial score (nSPS) is 16.2. The average Bonchev–Trinajstić information content (AvgIpc) is 3.11. The number of hydrogen-bond donors (Lipinski definition) is 2. The van der Waals surface area contributed by atoms with Crippen molar-refractivity contribution in [3.63, 3.8) is 0 Å². The van der Waals surface area contributed by atoms with E-state index in [2.05, 4.69) is 15.3 Å². The number of nitrogens with one attached hydrogen (secondary N) is 1. The summed E-state index contributed by atoms with van der Waals surface area (Å²) in [6, 6.07) is 16.6. The van der Waals surface area contributed by atoms with Gasteiger partial charge in [-0.1, -0.05) is 18.2 Å². The van der Waals surface area contributed by atoms with E-state index in [4.69, 9.17) is 5.73 Å². The summed E-state index contributed by atoms with van der Waals surface area (Å²) < 4.78 is 0. The molecule has 1 saturated heterocycles. The fourth-order valence-corrected chi connectivity index (χ4v) is 3.32. The first-order valence-corrected chi connectivity index (χ1v) is 8.98.